The molecule has 3 N–H and O–H groups in total. The summed E-state index contributed by atoms with van der Waals surface area (Å²) < 4.78 is 5.17. The van der Waals surface area contributed by atoms with Gasteiger partial charge in [-0.1, -0.05) is 11.8 Å². The highest BCUT2D eigenvalue weighted by Gasteiger charge is 2.12. The summed E-state index contributed by atoms with van der Waals surface area (Å²) >= 11 is 0.968. The molecule has 0 aliphatic rings. The Morgan fingerprint density at radius 2 is 2.24 bits per heavy atom. The molecule has 0 radical (unpaired) electrons. The number of hydrogen-bond donors (Lipinski definition) is 3. The second-order valence-corrected chi connectivity index (χ2v) is 5.28. The van der Waals surface area contributed by atoms with Crippen LogP contribution >= 0.6 is 11.8 Å². The maximum absolute atomic E-state index is 12.0. The molecule has 0 aliphatic heterocycles. The Bertz CT molecular complexity index is 899. The number of hydrogen-bond acceptors (Lipinski definition) is 5. The first-order chi connectivity index (χ1) is 10.1. The van der Waals surface area contributed by atoms with Crippen molar-refractivity contribution in [2.75, 3.05) is 12.9 Å². The van der Waals surface area contributed by atoms with E-state index in [9.17, 15) is 9.59 Å². The lowest BCUT2D eigenvalue weighted by Crippen LogP contribution is -2.10. The van der Waals surface area contributed by atoms with Gasteiger partial charge in [0.2, 0.25) is 0 Å². The monoisotopic (exact) mass is 305 g/mol. The molecular formula is C13H11N3O4S. The summed E-state index contributed by atoms with van der Waals surface area (Å²) in [6.07, 6.45) is 0. The van der Waals surface area contributed by atoms with Gasteiger partial charge in [0.05, 0.1) is 12.9 Å². The Labute approximate surface area is 122 Å². The zero-order valence-electron chi connectivity index (χ0n) is 11.0. The Morgan fingerprint density at radius 3 is 2.95 bits per heavy atom. The lowest BCUT2D eigenvalue weighted by Gasteiger charge is -2.00. The number of aromatic amines is 2. The maximum Gasteiger partial charge on any atom is 0.313 e. The predicted octanol–water partition coefficient (Wildman–Crippen LogP) is 1.59. The van der Waals surface area contributed by atoms with Gasteiger partial charge in [0.25, 0.3) is 5.56 Å². The summed E-state index contributed by atoms with van der Waals surface area (Å²) in [6.45, 7) is 0. The van der Waals surface area contributed by atoms with Crippen molar-refractivity contribution in [1.82, 2.24) is 15.0 Å². The van der Waals surface area contributed by atoms with Gasteiger partial charge in [-0.25, -0.2) is 4.98 Å². The largest absolute Gasteiger partial charge is 0.497 e. The number of thioether (sulfide) groups is 1. The molecule has 108 valence electrons. The third-order valence-electron chi connectivity index (χ3n) is 2.97. The van der Waals surface area contributed by atoms with E-state index in [-0.39, 0.29) is 16.5 Å². The van der Waals surface area contributed by atoms with E-state index in [1.807, 2.05) is 0 Å². The molecule has 0 saturated carbocycles. The van der Waals surface area contributed by atoms with Crippen LogP contribution in [0.3, 0.4) is 0 Å². The molecule has 0 fully saturated rings. The van der Waals surface area contributed by atoms with Crippen molar-refractivity contribution in [2.24, 2.45) is 0 Å². The van der Waals surface area contributed by atoms with Crippen molar-refractivity contribution in [3.8, 4) is 5.75 Å². The van der Waals surface area contributed by atoms with E-state index in [0.717, 1.165) is 22.7 Å². The molecule has 0 amide bonds. The number of fused-ring (bicyclic) bond motifs is 3. The molecule has 0 atom stereocenters. The van der Waals surface area contributed by atoms with Gasteiger partial charge in [0.15, 0.2) is 5.16 Å². The van der Waals surface area contributed by atoms with Gasteiger partial charge in [0, 0.05) is 10.9 Å². The fourth-order valence-electron chi connectivity index (χ4n) is 2.05. The summed E-state index contributed by atoms with van der Waals surface area (Å²) in [5, 5.41) is 9.73. The standard InChI is InChI=1S/C13H11N3O4S/c1-20-6-2-3-8-7(4-6)10-11(14-8)12(19)16-13(15-10)21-5-9(17)18/h2-4,14H,5H2,1H3,(H,17,18)(H,15,16,19). The fourth-order valence-corrected chi connectivity index (χ4v) is 2.63. The highest BCUT2D eigenvalue weighted by molar-refractivity contribution is 7.99. The quantitative estimate of drug-likeness (QED) is 0.499. The van der Waals surface area contributed by atoms with Crippen LogP contribution in [0.2, 0.25) is 0 Å². The number of benzene rings is 1. The topological polar surface area (TPSA) is 108 Å². The number of ether oxygens (including phenoxy) is 1. The predicted molar refractivity (Wildman–Crippen MR) is 79.1 cm³/mol. The van der Waals surface area contributed by atoms with Crippen molar-refractivity contribution < 1.29 is 14.6 Å². The van der Waals surface area contributed by atoms with Crippen LogP contribution in [-0.4, -0.2) is 38.9 Å². The summed E-state index contributed by atoms with van der Waals surface area (Å²) in [4.78, 5) is 32.5. The van der Waals surface area contributed by atoms with Crippen LogP contribution in [0.15, 0.2) is 28.2 Å². The molecule has 2 aromatic heterocycles. The number of aromatic nitrogens is 3. The van der Waals surface area contributed by atoms with Crippen LogP contribution in [0, 0.1) is 0 Å². The SMILES string of the molecule is COc1ccc2[nH]c3c(=O)[nH]c(SCC(=O)O)nc3c2c1. The van der Waals surface area contributed by atoms with E-state index in [0.29, 0.717) is 16.8 Å². The van der Waals surface area contributed by atoms with Gasteiger partial charge in [-0.3, -0.25) is 14.6 Å². The minimum Gasteiger partial charge on any atom is -0.497 e. The molecule has 21 heavy (non-hydrogen) atoms. The van der Waals surface area contributed by atoms with Gasteiger partial charge in [-0.2, -0.15) is 0 Å². The van der Waals surface area contributed by atoms with Crippen LogP contribution < -0.4 is 10.3 Å². The highest BCUT2D eigenvalue weighted by atomic mass is 32.2. The molecule has 0 saturated heterocycles. The normalized spacial score (nSPS) is 11.1. The van der Waals surface area contributed by atoms with E-state index >= 15 is 0 Å². The minimum atomic E-state index is -0.969. The maximum atomic E-state index is 12.0. The van der Waals surface area contributed by atoms with Crippen molar-refractivity contribution in [1.29, 1.82) is 0 Å². The lowest BCUT2D eigenvalue weighted by molar-refractivity contribution is -0.133. The number of rotatable bonds is 4. The van der Waals surface area contributed by atoms with E-state index in [4.69, 9.17) is 9.84 Å². The van der Waals surface area contributed by atoms with Gasteiger partial charge in [0.1, 0.15) is 16.8 Å². The zero-order chi connectivity index (χ0) is 15.0. The number of nitrogens with one attached hydrogen (secondary N) is 2. The third kappa shape index (κ3) is 2.45. The molecule has 1 aromatic carbocycles. The molecule has 3 aromatic rings. The molecule has 0 bridgehead atoms. The number of H-pyrrole nitrogens is 2. The Morgan fingerprint density at radius 1 is 1.43 bits per heavy atom. The molecule has 0 spiro atoms. The summed E-state index contributed by atoms with van der Waals surface area (Å²) in [5.74, 6) is -0.478. The third-order valence-corrected chi connectivity index (χ3v) is 3.83. The molecule has 2 heterocycles. The molecule has 7 nitrogen and oxygen atoms in total. The minimum absolute atomic E-state index is 0.167. The fraction of sp³-hybridized carbons (Fsp3) is 0.154. The molecule has 3 rings (SSSR count). The second kappa shape index (κ2) is 5.13. The van der Waals surface area contributed by atoms with E-state index in [2.05, 4.69) is 15.0 Å². The second-order valence-electron chi connectivity index (χ2n) is 4.31. The van der Waals surface area contributed by atoms with E-state index in [1.165, 1.54) is 0 Å². The lowest BCUT2D eigenvalue weighted by atomic mass is 10.2. The average Bonchev–Trinajstić information content (AvgIpc) is 2.83. The number of methoxy groups -OCH3 is 1. The molecule has 0 unspecified atom stereocenters. The van der Waals surface area contributed by atoms with E-state index < -0.39 is 5.97 Å². The molecular weight excluding hydrogens is 294 g/mol. The Kier molecular flexibility index (Phi) is 3.30. The Hall–Kier alpha value is -2.48. The van der Waals surface area contributed by atoms with Crippen molar-refractivity contribution in [2.45, 2.75) is 5.16 Å². The summed E-state index contributed by atoms with van der Waals surface area (Å²) in [7, 11) is 1.56. The zero-order valence-corrected chi connectivity index (χ0v) is 11.8. The van der Waals surface area contributed by atoms with Gasteiger partial charge >= 0.3 is 5.97 Å². The van der Waals surface area contributed by atoms with Crippen molar-refractivity contribution >= 4 is 39.7 Å². The Balaban J connectivity index is 2.20. The van der Waals surface area contributed by atoms with Gasteiger partial charge in [-0.15, -0.1) is 0 Å². The first-order valence-corrected chi connectivity index (χ1v) is 7.01. The van der Waals surface area contributed by atoms with Crippen molar-refractivity contribution in [3.63, 3.8) is 0 Å². The summed E-state index contributed by atoms with van der Waals surface area (Å²) in [6, 6.07) is 5.37. The smallest absolute Gasteiger partial charge is 0.313 e. The van der Waals surface area contributed by atoms with Crippen LogP contribution in [0.25, 0.3) is 21.9 Å². The van der Waals surface area contributed by atoms with Crippen LogP contribution in [0.4, 0.5) is 0 Å². The number of carbonyl (C=O) groups is 1. The molecule has 8 heteroatoms. The number of carboxylic acid groups (broad SMARTS) is 1. The molecule has 0 aliphatic carbocycles. The van der Waals surface area contributed by atoms with Gasteiger partial charge in [-0.05, 0) is 18.2 Å². The van der Waals surface area contributed by atoms with Crippen LogP contribution in [-0.2, 0) is 4.79 Å². The number of carboxylic acids is 1. The number of nitrogens with zero attached hydrogens (tertiary/aromatic N) is 1. The number of aliphatic carboxylic acids is 1. The van der Waals surface area contributed by atoms with Crippen LogP contribution in [0.5, 0.6) is 5.75 Å². The van der Waals surface area contributed by atoms with Crippen LogP contribution in [0.1, 0.15) is 0 Å². The summed E-state index contributed by atoms with van der Waals surface area (Å²) in [5.41, 5.74) is 1.30. The van der Waals surface area contributed by atoms with Crippen molar-refractivity contribution in [3.05, 3.63) is 28.6 Å². The van der Waals surface area contributed by atoms with Gasteiger partial charge < -0.3 is 14.8 Å². The highest BCUT2D eigenvalue weighted by Crippen LogP contribution is 2.26. The first kappa shape index (κ1) is 13.5. The van der Waals surface area contributed by atoms with E-state index in [1.54, 1.807) is 25.3 Å². The average molecular weight is 305 g/mol. The first-order valence-electron chi connectivity index (χ1n) is 6.03.